The third-order valence-electron chi connectivity index (χ3n) is 5.44. The summed E-state index contributed by atoms with van der Waals surface area (Å²) in [4.78, 5) is 24.1. The summed E-state index contributed by atoms with van der Waals surface area (Å²) in [6, 6.07) is 23.4. The first-order valence-electron chi connectivity index (χ1n) is 10.7. The summed E-state index contributed by atoms with van der Waals surface area (Å²) in [7, 11) is 0. The lowest BCUT2D eigenvalue weighted by atomic mass is 10.00. The number of amides is 2. The van der Waals surface area contributed by atoms with Crippen molar-refractivity contribution in [1.29, 1.82) is 0 Å². The van der Waals surface area contributed by atoms with Gasteiger partial charge in [-0.3, -0.25) is 14.8 Å². The van der Waals surface area contributed by atoms with Crippen molar-refractivity contribution >= 4 is 22.6 Å². The highest BCUT2D eigenvalue weighted by Gasteiger charge is 2.19. The summed E-state index contributed by atoms with van der Waals surface area (Å²) in [5.74, 6) is -0.614. The fraction of sp³-hybridized carbons (Fsp3) is 0.200. The van der Waals surface area contributed by atoms with E-state index in [1.165, 1.54) is 0 Å². The van der Waals surface area contributed by atoms with Crippen LogP contribution in [0.3, 0.4) is 0 Å². The molecule has 1 unspecified atom stereocenters. The van der Waals surface area contributed by atoms with Gasteiger partial charge in [-0.1, -0.05) is 78.0 Å². The summed E-state index contributed by atoms with van der Waals surface area (Å²) >= 11 is 0. The summed E-state index contributed by atoms with van der Waals surface area (Å²) < 4.78 is 1.61. The largest absolute Gasteiger partial charge is 0.350 e. The molecule has 8 heteroatoms. The van der Waals surface area contributed by atoms with Gasteiger partial charge in [-0.25, -0.2) is 10.2 Å². The van der Waals surface area contributed by atoms with Crippen LogP contribution >= 0.6 is 0 Å². The zero-order chi connectivity index (χ0) is 23.0. The van der Waals surface area contributed by atoms with E-state index >= 15 is 0 Å². The van der Waals surface area contributed by atoms with Gasteiger partial charge in [0.15, 0.2) is 0 Å². The van der Waals surface area contributed by atoms with Crippen LogP contribution in [0.2, 0.25) is 0 Å². The van der Waals surface area contributed by atoms with Crippen LogP contribution in [-0.4, -0.2) is 32.0 Å². The lowest BCUT2D eigenvalue weighted by Gasteiger charge is -2.16. The average Bonchev–Trinajstić information content (AvgIpc) is 3.32. The zero-order valence-corrected chi connectivity index (χ0v) is 18.0. The Bertz CT molecular complexity index is 1240. The lowest BCUT2D eigenvalue weighted by molar-refractivity contribution is -0.130. The molecule has 8 nitrogen and oxygen atoms in total. The maximum Gasteiger partial charge on any atom is 0.245 e. The fourth-order valence-corrected chi connectivity index (χ4v) is 3.76. The van der Waals surface area contributed by atoms with Crippen LogP contribution in [0, 0.1) is 0 Å². The number of nitrogens with zero attached hydrogens (tertiary/aromatic N) is 3. The fourth-order valence-electron chi connectivity index (χ4n) is 3.76. The number of carbonyl (C=O) groups excluding carboxylic acids is 2. The van der Waals surface area contributed by atoms with E-state index in [9.17, 15) is 9.59 Å². The average molecular weight is 444 g/mol. The van der Waals surface area contributed by atoms with E-state index in [-0.39, 0.29) is 31.3 Å². The third-order valence-corrected chi connectivity index (χ3v) is 5.44. The minimum Gasteiger partial charge on any atom is -0.350 e. The van der Waals surface area contributed by atoms with Crippen molar-refractivity contribution in [1.82, 2.24) is 25.8 Å². The molecule has 3 aromatic carbocycles. The molecule has 0 saturated carbocycles. The van der Waals surface area contributed by atoms with Gasteiger partial charge in [-0.2, -0.15) is 0 Å². The van der Waals surface area contributed by atoms with Gasteiger partial charge in [-0.05, 0) is 28.3 Å². The SMILES string of the molecule is O=C(CC(Cc1ccc2ccccc2c1)n1cc(CNC(=O)Cc2ccccc2)nn1)NO. The van der Waals surface area contributed by atoms with E-state index in [2.05, 4.69) is 21.7 Å². The van der Waals surface area contributed by atoms with Crippen molar-refractivity contribution in [2.45, 2.75) is 31.8 Å². The second-order valence-electron chi connectivity index (χ2n) is 7.91. The maximum atomic E-state index is 12.2. The first-order chi connectivity index (χ1) is 16.1. The van der Waals surface area contributed by atoms with Crippen molar-refractivity contribution in [2.75, 3.05) is 0 Å². The van der Waals surface area contributed by atoms with Crippen LogP contribution in [0.25, 0.3) is 10.8 Å². The normalized spacial score (nSPS) is 11.8. The molecule has 168 valence electrons. The Morgan fingerprint density at radius 3 is 2.45 bits per heavy atom. The molecule has 0 aliphatic carbocycles. The van der Waals surface area contributed by atoms with Gasteiger partial charge in [0.25, 0.3) is 0 Å². The van der Waals surface area contributed by atoms with E-state index in [1.54, 1.807) is 16.4 Å². The van der Waals surface area contributed by atoms with Crippen LogP contribution < -0.4 is 10.8 Å². The number of nitrogens with one attached hydrogen (secondary N) is 2. The standard InChI is InChI=1S/C25H25N5O3/c31-24(14-18-6-2-1-3-7-18)26-16-22-17-30(29-27-22)23(15-25(32)28-33)13-19-10-11-20-8-4-5-9-21(20)12-19/h1-12,17,23,33H,13-16H2,(H,26,31)(H,28,32). The summed E-state index contributed by atoms with van der Waals surface area (Å²) in [5.41, 5.74) is 4.25. The number of fused-ring (bicyclic) bond motifs is 1. The molecule has 0 spiro atoms. The van der Waals surface area contributed by atoms with Crippen molar-refractivity contribution in [2.24, 2.45) is 0 Å². The lowest BCUT2D eigenvalue weighted by Crippen LogP contribution is -2.25. The Kier molecular flexibility index (Phi) is 7.06. The van der Waals surface area contributed by atoms with Gasteiger partial charge in [0.2, 0.25) is 11.8 Å². The molecular weight excluding hydrogens is 418 g/mol. The molecule has 0 aliphatic heterocycles. The monoisotopic (exact) mass is 443 g/mol. The molecule has 4 aromatic rings. The quantitative estimate of drug-likeness (QED) is 0.272. The molecule has 1 aromatic heterocycles. The Hall–Kier alpha value is -4.04. The molecule has 0 fully saturated rings. The molecular formula is C25H25N5O3. The van der Waals surface area contributed by atoms with Gasteiger partial charge in [0, 0.05) is 0 Å². The molecule has 0 bridgehead atoms. The van der Waals surface area contributed by atoms with E-state index in [0.29, 0.717) is 12.1 Å². The topological polar surface area (TPSA) is 109 Å². The molecule has 4 rings (SSSR count). The van der Waals surface area contributed by atoms with Gasteiger partial charge in [-0.15, -0.1) is 5.10 Å². The Labute approximate surface area is 191 Å². The van der Waals surface area contributed by atoms with Crippen molar-refractivity contribution in [3.05, 3.63) is 95.8 Å². The predicted octanol–water partition coefficient (Wildman–Crippen LogP) is 2.97. The first-order valence-corrected chi connectivity index (χ1v) is 10.7. The molecule has 2 amide bonds. The van der Waals surface area contributed by atoms with Gasteiger partial charge in [0.1, 0.15) is 5.69 Å². The summed E-state index contributed by atoms with van der Waals surface area (Å²) in [5, 5.41) is 22.4. The Morgan fingerprint density at radius 2 is 1.67 bits per heavy atom. The van der Waals surface area contributed by atoms with Crippen LogP contribution in [0.1, 0.15) is 29.3 Å². The Morgan fingerprint density at radius 1 is 0.909 bits per heavy atom. The van der Waals surface area contributed by atoms with Gasteiger partial charge in [0.05, 0.1) is 31.6 Å². The second kappa shape index (κ2) is 10.5. The smallest absolute Gasteiger partial charge is 0.245 e. The number of aromatic nitrogens is 3. The van der Waals surface area contributed by atoms with Crippen LogP contribution in [-0.2, 0) is 29.0 Å². The van der Waals surface area contributed by atoms with Gasteiger partial charge < -0.3 is 5.32 Å². The first kappa shape index (κ1) is 22.2. The number of hydroxylamine groups is 1. The molecule has 0 aliphatic rings. The highest BCUT2D eigenvalue weighted by atomic mass is 16.5. The van der Waals surface area contributed by atoms with Crippen LogP contribution in [0.15, 0.2) is 79.0 Å². The maximum absolute atomic E-state index is 12.2. The number of hydrogen-bond donors (Lipinski definition) is 3. The third kappa shape index (κ3) is 6.02. The molecule has 1 atom stereocenters. The zero-order valence-electron chi connectivity index (χ0n) is 18.0. The number of benzene rings is 3. The molecule has 0 radical (unpaired) electrons. The molecule has 0 saturated heterocycles. The number of rotatable bonds is 9. The van der Waals surface area contributed by atoms with Crippen molar-refractivity contribution in [3.8, 4) is 0 Å². The van der Waals surface area contributed by atoms with E-state index in [4.69, 9.17) is 5.21 Å². The molecule has 33 heavy (non-hydrogen) atoms. The minimum absolute atomic E-state index is 0.0342. The van der Waals surface area contributed by atoms with Crippen LogP contribution in [0.4, 0.5) is 0 Å². The van der Waals surface area contributed by atoms with Crippen molar-refractivity contribution < 1.29 is 14.8 Å². The summed E-state index contributed by atoms with van der Waals surface area (Å²) in [6.07, 6.45) is 2.57. The molecule has 1 heterocycles. The van der Waals surface area contributed by atoms with E-state index in [0.717, 1.165) is 21.9 Å². The molecule has 3 N–H and O–H groups in total. The van der Waals surface area contributed by atoms with E-state index in [1.807, 2.05) is 66.7 Å². The minimum atomic E-state index is -0.506. The number of hydrogen-bond acceptors (Lipinski definition) is 5. The van der Waals surface area contributed by atoms with E-state index < -0.39 is 5.91 Å². The Balaban J connectivity index is 1.43. The van der Waals surface area contributed by atoms with Gasteiger partial charge >= 0.3 is 0 Å². The second-order valence-corrected chi connectivity index (χ2v) is 7.91. The predicted molar refractivity (Wildman–Crippen MR) is 123 cm³/mol. The number of carbonyl (C=O) groups is 2. The summed E-state index contributed by atoms with van der Waals surface area (Å²) in [6.45, 7) is 0.237. The highest BCUT2D eigenvalue weighted by Crippen LogP contribution is 2.22. The highest BCUT2D eigenvalue weighted by molar-refractivity contribution is 5.83. The van der Waals surface area contributed by atoms with Crippen LogP contribution in [0.5, 0.6) is 0 Å². The van der Waals surface area contributed by atoms with Crippen molar-refractivity contribution in [3.63, 3.8) is 0 Å².